The lowest BCUT2D eigenvalue weighted by Gasteiger charge is -2.29. The van der Waals surface area contributed by atoms with E-state index in [0.29, 0.717) is 24.1 Å². The second-order valence-corrected chi connectivity index (χ2v) is 7.69. The minimum Gasteiger partial charge on any atom is -0.496 e. The molecule has 1 N–H and O–H groups in total. The maximum absolute atomic E-state index is 12.4. The Morgan fingerprint density at radius 3 is 2.23 bits per heavy atom. The van der Waals surface area contributed by atoms with Gasteiger partial charge >= 0.3 is 0 Å². The van der Waals surface area contributed by atoms with E-state index in [0.717, 1.165) is 30.8 Å². The van der Waals surface area contributed by atoms with Crippen LogP contribution in [0.2, 0.25) is 0 Å². The third-order valence-electron chi connectivity index (χ3n) is 5.78. The number of nitrogens with zero attached hydrogens (tertiary/aromatic N) is 2. The van der Waals surface area contributed by atoms with Crippen molar-refractivity contribution in [3.63, 3.8) is 0 Å². The van der Waals surface area contributed by atoms with Crippen molar-refractivity contribution in [1.82, 2.24) is 9.80 Å². The van der Waals surface area contributed by atoms with Gasteiger partial charge in [-0.2, -0.15) is 0 Å². The molecule has 1 atom stereocenters. The Bertz CT molecular complexity index is 950. The number of hydrogen-bond acceptors (Lipinski definition) is 5. The topological polar surface area (TPSA) is 70.1 Å². The molecule has 0 aliphatic carbocycles. The number of methoxy groups -OCH3 is 1. The van der Waals surface area contributed by atoms with Gasteiger partial charge in [0, 0.05) is 31.7 Å². The number of carbonyl (C=O) groups is 2. The molecule has 0 bridgehead atoms. The zero-order chi connectivity index (χ0) is 21.1. The first kappa shape index (κ1) is 20.3. The van der Waals surface area contributed by atoms with Crippen LogP contribution in [0, 0.1) is 0 Å². The first-order chi connectivity index (χ1) is 14.6. The smallest absolute Gasteiger partial charge is 0.261 e. The van der Waals surface area contributed by atoms with E-state index in [9.17, 15) is 14.7 Å². The predicted octanol–water partition coefficient (Wildman–Crippen LogP) is 2.83. The number of rotatable bonds is 7. The Morgan fingerprint density at radius 1 is 1.00 bits per heavy atom. The maximum atomic E-state index is 12.4. The van der Waals surface area contributed by atoms with Crippen LogP contribution >= 0.6 is 0 Å². The minimum atomic E-state index is -0.601. The van der Waals surface area contributed by atoms with Crippen LogP contribution in [-0.4, -0.2) is 66.1 Å². The first-order valence-electron chi connectivity index (χ1n) is 10.3. The second kappa shape index (κ2) is 8.81. The maximum Gasteiger partial charge on any atom is 0.261 e. The highest BCUT2D eigenvalue weighted by Crippen LogP contribution is 2.30. The Morgan fingerprint density at radius 2 is 1.63 bits per heavy atom. The van der Waals surface area contributed by atoms with Gasteiger partial charge in [-0.15, -0.1) is 0 Å². The van der Waals surface area contributed by atoms with Gasteiger partial charge in [-0.3, -0.25) is 19.4 Å². The molecule has 2 aliphatic rings. The normalized spacial score (nSPS) is 17.7. The fourth-order valence-electron chi connectivity index (χ4n) is 4.14. The quantitative estimate of drug-likeness (QED) is 0.716. The average molecular weight is 406 g/mol. The summed E-state index contributed by atoms with van der Waals surface area (Å²) in [6.45, 7) is 2.33. The molecule has 30 heavy (non-hydrogen) atoms. The highest BCUT2D eigenvalue weighted by atomic mass is 16.5. The van der Waals surface area contributed by atoms with Gasteiger partial charge in [-0.1, -0.05) is 36.4 Å². The monoisotopic (exact) mass is 406 g/mol. The standard InChI is InChI=1S/C24H26N2O4/c1-30-22-9-5-4-6-19(22)17-10-13-25(14-11-17)16-18(27)12-15-26-23(28)20-7-2-3-8-21(20)24(26)29/h2-10,18,27H,11-16H2,1H3. The van der Waals surface area contributed by atoms with E-state index >= 15 is 0 Å². The highest BCUT2D eigenvalue weighted by molar-refractivity contribution is 6.21. The fraction of sp³-hybridized carbons (Fsp3) is 0.333. The fourth-order valence-corrected chi connectivity index (χ4v) is 4.14. The number of ether oxygens (including phenoxy) is 1. The molecular weight excluding hydrogens is 380 g/mol. The Hall–Kier alpha value is -2.96. The Labute approximate surface area is 176 Å². The molecule has 6 heteroatoms. The van der Waals surface area contributed by atoms with Gasteiger partial charge in [0.1, 0.15) is 5.75 Å². The minimum absolute atomic E-state index is 0.226. The van der Waals surface area contributed by atoms with E-state index in [1.165, 1.54) is 10.5 Å². The Balaban J connectivity index is 1.30. The molecule has 4 rings (SSSR count). The number of benzene rings is 2. The summed E-state index contributed by atoms with van der Waals surface area (Å²) in [7, 11) is 1.68. The van der Waals surface area contributed by atoms with Crippen molar-refractivity contribution in [3.8, 4) is 5.75 Å². The number of aliphatic hydroxyl groups excluding tert-OH is 1. The van der Waals surface area contributed by atoms with Gasteiger partial charge in [0.05, 0.1) is 24.3 Å². The third kappa shape index (κ3) is 4.01. The number of aliphatic hydroxyl groups is 1. The zero-order valence-corrected chi connectivity index (χ0v) is 17.1. The van der Waals surface area contributed by atoms with Crippen LogP contribution in [0.5, 0.6) is 5.75 Å². The van der Waals surface area contributed by atoms with Gasteiger partial charge < -0.3 is 9.84 Å². The van der Waals surface area contributed by atoms with E-state index in [1.807, 2.05) is 18.2 Å². The number of amides is 2. The molecule has 2 aromatic rings. The summed E-state index contributed by atoms with van der Waals surface area (Å²) < 4.78 is 5.46. The van der Waals surface area contributed by atoms with Crippen molar-refractivity contribution in [2.75, 3.05) is 33.3 Å². The molecule has 0 spiro atoms. The molecule has 2 aromatic carbocycles. The molecule has 0 aromatic heterocycles. The van der Waals surface area contributed by atoms with Crippen molar-refractivity contribution in [3.05, 3.63) is 71.3 Å². The van der Waals surface area contributed by atoms with Crippen molar-refractivity contribution >= 4 is 17.4 Å². The molecule has 0 saturated carbocycles. The molecule has 2 heterocycles. The summed E-state index contributed by atoms with van der Waals surface area (Å²) in [4.78, 5) is 28.3. The second-order valence-electron chi connectivity index (χ2n) is 7.69. The van der Waals surface area contributed by atoms with Gasteiger partial charge in [-0.25, -0.2) is 0 Å². The lowest BCUT2D eigenvalue weighted by molar-refractivity contribution is 0.0597. The van der Waals surface area contributed by atoms with E-state index in [4.69, 9.17) is 4.74 Å². The number of β-amino-alcohol motifs (C(OH)–C–C–N with tert-alkyl or cyclic N) is 1. The number of imide groups is 1. The van der Waals surface area contributed by atoms with E-state index in [1.54, 1.807) is 31.4 Å². The van der Waals surface area contributed by atoms with E-state index in [-0.39, 0.29) is 18.4 Å². The summed E-state index contributed by atoms with van der Waals surface area (Å²) in [5.41, 5.74) is 3.26. The number of carbonyl (C=O) groups excluding carboxylic acids is 2. The third-order valence-corrected chi connectivity index (χ3v) is 5.78. The van der Waals surface area contributed by atoms with Crippen LogP contribution in [0.4, 0.5) is 0 Å². The molecule has 0 fully saturated rings. The van der Waals surface area contributed by atoms with Crippen LogP contribution in [-0.2, 0) is 0 Å². The van der Waals surface area contributed by atoms with Crippen molar-refractivity contribution in [1.29, 1.82) is 0 Å². The van der Waals surface area contributed by atoms with Gasteiger partial charge in [0.2, 0.25) is 0 Å². The first-order valence-corrected chi connectivity index (χ1v) is 10.3. The van der Waals surface area contributed by atoms with Gasteiger partial charge in [0.25, 0.3) is 11.8 Å². The molecule has 2 aliphatic heterocycles. The van der Waals surface area contributed by atoms with Gasteiger partial charge in [-0.05, 0) is 36.6 Å². The predicted molar refractivity (Wildman–Crippen MR) is 114 cm³/mol. The lowest BCUT2D eigenvalue weighted by Crippen LogP contribution is -2.38. The van der Waals surface area contributed by atoms with E-state index in [2.05, 4.69) is 17.0 Å². The zero-order valence-electron chi connectivity index (χ0n) is 17.1. The van der Waals surface area contributed by atoms with Crippen LogP contribution < -0.4 is 4.74 Å². The van der Waals surface area contributed by atoms with Crippen molar-refractivity contribution in [2.45, 2.75) is 18.9 Å². The molecule has 2 amide bonds. The molecule has 0 saturated heterocycles. The largest absolute Gasteiger partial charge is 0.496 e. The Kier molecular flexibility index (Phi) is 5.97. The molecule has 6 nitrogen and oxygen atoms in total. The van der Waals surface area contributed by atoms with Gasteiger partial charge in [0.15, 0.2) is 0 Å². The summed E-state index contributed by atoms with van der Waals surface area (Å²) in [5, 5.41) is 10.5. The van der Waals surface area contributed by atoms with E-state index < -0.39 is 6.10 Å². The van der Waals surface area contributed by atoms with Crippen LogP contribution in [0.1, 0.15) is 39.1 Å². The number of para-hydroxylation sites is 1. The van der Waals surface area contributed by atoms with Crippen LogP contribution in [0.15, 0.2) is 54.6 Å². The summed E-state index contributed by atoms with van der Waals surface area (Å²) in [6, 6.07) is 14.9. The molecule has 0 radical (unpaired) electrons. The van der Waals surface area contributed by atoms with Crippen molar-refractivity contribution in [2.24, 2.45) is 0 Å². The number of fused-ring (bicyclic) bond motifs is 1. The summed E-state index contributed by atoms with van der Waals surface area (Å²) in [6.07, 6.45) is 2.82. The summed E-state index contributed by atoms with van der Waals surface area (Å²) >= 11 is 0. The van der Waals surface area contributed by atoms with Crippen LogP contribution in [0.25, 0.3) is 5.57 Å². The SMILES string of the molecule is COc1ccccc1C1=CCN(CC(O)CCN2C(=O)c3ccccc3C2=O)CC1. The average Bonchev–Trinajstić information content (AvgIpc) is 3.03. The highest BCUT2D eigenvalue weighted by Gasteiger charge is 2.35. The van der Waals surface area contributed by atoms with Crippen LogP contribution in [0.3, 0.4) is 0 Å². The molecule has 1 unspecified atom stereocenters. The lowest BCUT2D eigenvalue weighted by atomic mass is 9.98. The number of hydrogen-bond donors (Lipinski definition) is 1. The summed E-state index contributed by atoms with van der Waals surface area (Å²) in [5.74, 6) is 0.327. The van der Waals surface area contributed by atoms with Crippen molar-refractivity contribution < 1.29 is 19.4 Å². The molecular formula is C24H26N2O4. The molecule has 156 valence electrons.